The molecule has 2 aliphatic carbocycles. The van der Waals surface area contributed by atoms with Gasteiger partial charge in [0.1, 0.15) is 5.69 Å². The number of H-pyrrole nitrogens is 1. The number of hydrogen-bond donors (Lipinski definition) is 1. The first-order valence-corrected chi connectivity index (χ1v) is 10.2. The molecule has 0 unspecified atom stereocenters. The number of rotatable bonds is 7. The fourth-order valence-electron chi connectivity index (χ4n) is 4.18. The number of nitrogens with one attached hydrogen (secondary N) is 1. The molecule has 2 aliphatic rings. The third kappa shape index (κ3) is 3.61. The Morgan fingerprint density at radius 1 is 1.25 bits per heavy atom. The van der Waals surface area contributed by atoms with E-state index in [0.717, 1.165) is 43.5 Å². The highest BCUT2D eigenvalue weighted by Gasteiger charge is 2.44. The van der Waals surface area contributed by atoms with Gasteiger partial charge in [0.2, 0.25) is 0 Å². The van der Waals surface area contributed by atoms with Crippen LogP contribution in [0.15, 0.2) is 55.0 Å². The molecule has 2 saturated carbocycles. The Bertz CT molecular complexity index is 969. The highest BCUT2D eigenvalue weighted by molar-refractivity contribution is 5.93. The third-order valence-corrected chi connectivity index (χ3v) is 5.98. The molecule has 2 atom stereocenters. The molecule has 28 heavy (non-hydrogen) atoms. The summed E-state index contributed by atoms with van der Waals surface area (Å²) in [7, 11) is 1.96. The van der Waals surface area contributed by atoms with Gasteiger partial charge in [0.05, 0.1) is 6.20 Å². The highest BCUT2D eigenvalue weighted by Crippen LogP contribution is 2.48. The number of carbonyl (C=O) groups is 1. The zero-order valence-electron chi connectivity index (χ0n) is 16.2. The maximum absolute atomic E-state index is 13.2. The van der Waals surface area contributed by atoms with E-state index in [4.69, 9.17) is 0 Å². The van der Waals surface area contributed by atoms with Crippen molar-refractivity contribution >= 4 is 5.91 Å². The second-order valence-electron chi connectivity index (χ2n) is 8.32. The van der Waals surface area contributed by atoms with Gasteiger partial charge in [-0.15, -0.1) is 0 Å². The molecule has 5 rings (SSSR count). The summed E-state index contributed by atoms with van der Waals surface area (Å²) in [6.07, 6.45) is 10.3. The van der Waals surface area contributed by atoms with Crippen molar-refractivity contribution in [2.75, 3.05) is 6.54 Å². The van der Waals surface area contributed by atoms with Crippen molar-refractivity contribution in [3.05, 3.63) is 77.4 Å². The van der Waals surface area contributed by atoms with E-state index in [9.17, 15) is 4.79 Å². The van der Waals surface area contributed by atoms with Crippen LogP contribution in [-0.2, 0) is 13.5 Å². The number of hydrogen-bond acceptors (Lipinski definition) is 2. The van der Waals surface area contributed by atoms with Gasteiger partial charge in [-0.25, -0.2) is 0 Å². The minimum atomic E-state index is 0.152. The Morgan fingerprint density at radius 2 is 2.07 bits per heavy atom. The summed E-state index contributed by atoms with van der Waals surface area (Å²) in [5.74, 6) is 1.27. The molecule has 3 aromatic rings. The minimum absolute atomic E-state index is 0.152. The van der Waals surface area contributed by atoms with Crippen LogP contribution in [0.4, 0.5) is 0 Å². The molecule has 1 amide bonds. The number of aromatic amines is 1. The Balaban J connectivity index is 1.25. The third-order valence-electron chi connectivity index (χ3n) is 5.98. The van der Waals surface area contributed by atoms with Crippen molar-refractivity contribution in [1.29, 1.82) is 0 Å². The average Bonchev–Trinajstić information content (AvgIpc) is 3.60. The quantitative estimate of drug-likeness (QED) is 0.685. The minimum Gasteiger partial charge on any atom is -0.357 e. The molecule has 2 fully saturated rings. The first-order chi connectivity index (χ1) is 13.7. The maximum atomic E-state index is 13.2. The smallest absolute Gasteiger partial charge is 0.270 e. The van der Waals surface area contributed by atoms with Gasteiger partial charge in [0.25, 0.3) is 5.91 Å². The van der Waals surface area contributed by atoms with Gasteiger partial charge in [-0.1, -0.05) is 30.3 Å². The molecule has 144 valence electrons. The van der Waals surface area contributed by atoms with E-state index in [2.05, 4.69) is 45.4 Å². The number of aromatic nitrogens is 3. The molecule has 0 radical (unpaired) electrons. The zero-order valence-corrected chi connectivity index (χ0v) is 16.2. The number of nitrogens with zero attached hydrogens (tertiary/aromatic N) is 3. The summed E-state index contributed by atoms with van der Waals surface area (Å²) >= 11 is 0. The van der Waals surface area contributed by atoms with E-state index < -0.39 is 0 Å². The molecular weight excluding hydrogens is 348 g/mol. The first kappa shape index (κ1) is 17.3. The van der Waals surface area contributed by atoms with E-state index in [1.807, 2.05) is 36.3 Å². The van der Waals surface area contributed by atoms with Crippen molar-refractivity contribution < 1.29 is 4.79 Å². The van der Waals surface area contributed by atoms with E-state index >= 15 is 0 Å². The van der Waals surface area contributed by atoms with Crippen LogP contribution in [0, 0.1) is 5.92 Å². The first-order valence-electron chi connectivity index (χ1n) is 10.2. The molecule has 0 aliphatic heterocycles. The van der Waals surface area contributed by atoms with E-state index in [0.29, 0.717) is 17.9 Å². The molecular formula is C23H26N4O. The van der Waals surface area contributed by atoms with Crippen LogP contribution in [0.5, 0.6) is 0 Å². The Morgan fingerprint density at radius 3 is 2.79 bits per heavy atom. The SMILES string of the molecule is Cn1cc([C@@H]2C[C@H]2CN(C(=O)c2cc(Cc3ccccc3)c[nH]2)C2CC2)cn1. The standard InChI is InChI=1S/C23H26N4O/c1-26-14-19(13-25-26)21-11-18(21)15-27(20-7-8-20)23(28)22-10-17(12-24-22)9-16-5-3-2-4-6-16/h2-6,10,12-14,18,20-21,24H,7-9,11,15H2,1H3/t18-,21+/m0/s1. The predicted octanol–water partition coefficient (Wildman–Crippen LogP) is 3.75. The molecule has 1 aromatic carbocycles. The lowest BCUT2D eigenvalue weighted by Crippen LogP contribution is -2.35. The van der Waals surface area contributed by atoms with Crippen molar-refractivity contribution in [1.82, 2.24) is 19.7 Å². The van der Waals surface area contributed by atoms with Gasteiger partial charge in [-0.3, -0.25) is 9.48 Å². The van der Waals surface area contributed by atoms with Gasteiger partial charge in [-0.05, 0) is 60.3 Å². The van der Waals surface area contributed by atoms with Gasteiger partial charge in [0.15, 0.2) is 0 Å². The predicted molar refractivity (Wildman–Crippen MR) is 108 cm³/mol. The monoisotopic (exact) mass is 374 g/mol. The Labute approximate surface area is 165 Å². The highest BCUT2D eigenvalue weighted by atomic mass is 16.2. The normalized spacial score (nSPS) is 20.9. The second kappa shape index (κ2) is 6.97. The Hall–Kier alpha value is -2.82. The molecule has 0 spiro atoms. The number of amides is 1. The van der Waals surface area contributed by atoms with E-state index in [1.165, 1.54) is 11.1 Å². The maximum Gasteiger partial charge on any atom is 0.270 e. The van der Waals surface area contributed by atoms with Crippen molar-refractivity contribution in [2.45, 2.75) is 37.6 Å². The van der Waals surface area contributed by atoms with Crippen molar-refractivity contribution in [2.24, 2.45) is 13.0 Å². The fraction of sp³-hybridized carbons (Fsp3) is 0.391. The Kier molecular flexibility index (Phi) is 4.30. The lowest BCUT2D eigenvalue weighted by atomic mass is 10.1. The second-order valence-corrected chi connectivity index (χ2v) is 8.32. The molecule has 2 heterocycles. The molecule has 0 bridgehead atoms. The lowest BCUT2D eigenvalue weighted by molar-refractivity contribution is 0.0728. The molecule has 5 heteroatoms. The largest absolute Gasteiger partial charge is 0.357 e. The van der Waals surface area contributed by atoms with Crippen LogP contribution >= 0.6 is 0 Å². The van der Waals surface area contributed by atoms with Crippen LogP contribution in [0.3, 0.4) is 0 Å². The van der Waals surface area contributed by atoms with E-state index in [-0.39, 0.29) is 5.91 Å². The van der Waals surface area contributed by atoms with Crippen LogP contribution < -0.4 is 0 Å². The number of carbonyl (C=O) groups excluding carboxylic acids is 1. The van der Waals surface area contributed by atoms with Crippen LogP contribution in [-0.4, -0.2) is 38.2 Å². The average molecular weight is 374 g/mol. The van der Waals surface area contributed by atoms with Crippen LogP contribution in [0.25, 0.3) is 0 Å². The molecule has 5 nitrogen and oxygen atoms in total. The summed E-state index contributed by atoms with van der Waals surface area (Å²) in [6, 6.07) is 12.8. The number of benzene rings is 1. The summed E-state index contributed by atoms with van der Waals surface area (Å²) in [5, 5.41) is 4.29. The number of aryl methyl sites for hydroxylation is 1. The van der Waals surface area contributed by atoms with Crippen molar-refractivity contribution in [3.63, 3.8) is 0 Å². The van der Waals surface area contributed by atoms with Crippen LogP contribution in [0.1, 0.15) is 52.4 Å². The summed E-state index contributed by atoms with van der Waals surface area (Å²) in [5.41, 5.74) is 4.44. The van der Waals surface area contributed by atoms with Gasteiger partial charge >= 0.3 is 0 Å². The van der Waals surface area contributed by atoms with Gasteiger partial charge in [-0.2, -0.15) is 5.10 Å². The van der Waals surface area contributed by atoms with Gasteiger partial charge in [0, 0.05) is 32.0 Å². The molecule has 1 N–H and O–H groups in total. The molecule has 2 aromatic heterocycles. The van der Waals surface area contributed by atoms with Gasteiger partial charge < -0.3 is 9.88 Å². The summed E-state index contributed by atoms with van der Waals surface area (Å²) in [4.78, 5) is 18.5. The summed E-state index contributed by atoms with van der Waals surface area (Å²) < 4.78 is 1.86. The topological polar surface area (TPSA) is 53.9 Å². The van der Waals surface area contributed by atoms with Crippen molar-refractivity contribution in [3.8, 4) is 0 Å². The van der Waals surface area contributed by atoms with Crippen LogP contribution in [0.2, 0.25) is 0 Å². The molecule has 0 saturated heterocycles. The van der Waals surface area contributed by atoms with E-state index in [1.54, 1.807) is 0 Å². The fourth-order valence-corrected chi connectivity index (χ4v) is 4.18. The summed E-state index contributed by atoms with van der Waals surface area (Å²) in [6.45, 7) is 0.857. The zero-order chi connectivity index (χ0) is 19.1. The lowest BCUT2D eigenvalue weighted by Gasteiger charge is -2.22.